The third-order valence-corrected chi connectivity index (χ3v) is 2.50. The minimum absolute atomic E-state index is 0.0863. The van der Waals surface area contributed by atoms with Gasteiger partial charge in [-0.2, -0.15) is 0 Å². The van der Waals surface area contributed by atoms with Crippen molar-refractivity contribution in [1.82, 2.24) is 4.98 Å². The number of nitrogens with two attached hydrogens (primary N) is 1. The molecule has 2 rings (SSSR count). The number of fused-ring (bicyclic) bond motifs is 1. The summed E-state index contributed by atoms with van der Waals surface area (Å²) in [7, 11) is 0. The third kappa shape index (κ3) is 1.82. The van der Waals surface area contributed by atoms with Crippen LogP contribution in [0.15, 0.2) is 36.7 Å². The van der Waals surface area contributed by atoms with Crippen molar-refractivity contribution < 1.29 is 4.79 Å². The zero-order valence-electron chi connectivity index (χ0n) is 9.40. The van der Waals surface area contributed by atoms with E-state index < -0.39 is 5.54 Å². The molecule has 16 heavy (non-hydrogen) atoms. The number of pyridine rings is 1. The molecule has 0 atom stereocenters. The van der Waals surface area contributed by atoms with Crippen molar-refractivity contribution in [3.8, 4) is 0 Å². The molecule has 0 aliphatic rings. The van der Waals surface area contributed by atoms with Crippen molar-refractivity contribution >= 4 is 16.6 Å². The fourth-order valence-corrected chi connectivity index (χ4v) is 1.64. The van der Waals surface area contributed by atoms with E-state index in [0.717, 1.165) is 10.8 Å². The molecular weight excluding hydrogens is 200 g/mol. The molecule has 1 heterocycles. The van der Waals surface area contributed by atoms with Crippen LogP contribution >= 0.6 is 0 Å². The summed E-state index contributed by atoms with van der Waals surface area (Å²) in [4.78, 5) is 16.2. The smallest absolute Gasteiger partial charge is 0.184 e. The van der Waals surface area contributed by atoms with Crippen LogP contribution in [0.25, 0.3) is 10.8 Å². The zero-order chi connectivity index (χ0) is 11.8. The minimum Gasteiger partial charge on any atom is -0.319 e. The number of carbonyl (C=O) groups is 1. The van der Waals surface area contributed by atoms with Crippen LogP contribution in [0, 0.1) is 0 Å². The summed E-state index contributed by atoms with van der Waals surface area (Å²) in [6.07, 6.45) is 3.33. The number of carbonyl (C=O) groups excluding carboxylic acids is 1. The van der Waals surface area contributed by atoms with Crippen molar-refractivity contribution in [3.63, 3.8) is 0 Å². The zero-order valence-corrected chi connectivity index (χ0v) is 9.40. The highest BCUT2D eigenvalue weighted by Crippen LogP contribution is 2.20. The van der Waals surface area contributed by atoms with Gasteiger partial charge in [0.25, 0.3) is 0 Å². The van der Waals surface area contributed by atoms with E-state index in [-0.39, 0.29) is 5.78 Å². The van der Waals surface area contributed by atoms with Crippen molar-refractivity contribution in [2.75, 3.05) is 0 Å². The maximum atomic E-state index is 12.1. The van der Waals surface area contributed by atoms with Gasteiger partial charge in [0, 0.05) is 23.3 Å². The van der Waals surface area contributed by atoms with E-state index in [1.54, 1.807) is 26.2 Å². The lowest BCUT2D eigenvalue weighted by Gasteiger charge is -2.17. The summed E-state index contributed by atoms with van der Waals surface area (Å²) in [6.45, 7) is 3.41. The van der Waals surface area contributed by atoms with E-state index >= 15 is 0 Å². The first-order chi connectivity index (χ1) is 7.50. The largest absolute Gasteiger partial charge is 0.319 e. The number of hydrogen-bond donors (Lipinski definition) is 1. The van der Waals surface area contributed by atoms with Gasteiger partial charge in [-0.25, -0.2) is 0 Å². The molecule has 0 aliphatic carbocycles. The SMILES string of the molecule is CC(C)(N)C(=O)c1cncc2ccccc12. The summed E-state index contributed by atoms with van der Waals surface area (Å²) in [5.41, 5.74) is 5.54. The fraction of sp³-hybridized carbons (Fsp3) is 0.231. The van der Waals surface area contributed by atoms with Crippen LogP contribution in [0.4, 0.5) is 0 Å². The normalized spacial score (nSPS) is 11.7. The molecule has 0 unspecified atom stereocenters. The van der Waals surface area contributed by atoms with E-state index in [1.165, 1.54) is 0 Å². The molecule has 0 fully saturated rings. The number of ketones is 1. The monoisotopic (exact) mass is 214 g/mol. The number of Topliss-reactive ketones (excluding diaryl/α,β-unsaturated/α-hetero) is 1. The van der Waals surface area contributed by atoms with Gasteiger partial charge in [-0.3, -0.25) is 9.78 Å². The van der Waals surface area contributed by atoms with Crippen molar-refractivity contribution in [2.45, 2.75) is 19.4 Å². The summed E-state index contributed by atoms with van der Waals surface area (Å²) >= 11 is 0. The molecule has 3 nitrogen and oxygen atoms in total. The lowest BCUT2D eigenvalue weighted by molar-refractivity contribution is 0.0915. The Kier molecular flexibility index (Phi) is 2.48. The van der Waals surface area contributed by atoms with Gasteiger partial charge in [0.05, 0.1) is 5.54 Å². The Hall–Kier alpha value is -1.74. The van der Waals surface area contributed by atoms with Crippen LogP contribution in [0.3, 0.4) is 0 Å². The van der Waals surface area contributed by atoms with Crippen LogP contribution in [-0.2, 0) is 0 Å². The Morgan fingerprint density at radius 3 is 2.62 bits per heavy atom. The lowest BCUT2D eigenvalue weighted by Crippen LogP contribution is -2.41. The van der Waals surface area contributed by atoms with Crippen LogP contribution in [0.1, 0.15) is 24.2 Å². The molecule has 2 N–H and O–H groups in total. The maximum Gasteiger partial charge on any atom is 0.184 e. The number of hydrogen-bond acceptors (Lipinski definition) is 3. The first-order valence-electron chi connectivity index (χ1n) is 5.16. The highest BCUT2D eigenvalue weighted by Gasteiger charge is 2.25. The third-order valence-electron chi connectivity index (χ3n) is 2.50. The summed E-state index contributed by atoms with van der Waals surface area (Å²) in [6, 6.07) is 7.67. The van der Waals surface area contributed by atoms with Gasteiger partial charge in [0.1, 0.15) is 0 Å². The molecule has 0 bridgehead atoms. The second-order valence-corrected chi connectivity index (χ2v) is 4.46. The number of nitrogens with zero attached hydrogens (tertiary/aromatic N) is 1. The molecule has 0 saturated carbocycles. The molecule has 0 aliphatic heterocycles. The van der Waals surface area contributed by atoms with Crippen molar-refractivity contribution in [2.24, 2.45) is 5.73 Å². The topological polar surface area (TPSA) is 56.0 Å². The lowest BCUT2D eigenvalue weighted by atomic mass is 9.92. The van der Waals surface area contributed by atoms with E-state index in [1.807, 2.05) is 24.3 Å². The van der Waals surface area contributed by atoms with E-state index in [4.69, 9.17) is 5.73 Å². The van der Waals surface area contributed by atoms with Crippen LogP contribution in [0.5, 0.6) is 0 Å². The Morgan fingerprint density at radius 1 is 1.25 bits per heavy atom. The summed E-state index contributed by atoms with van der Waals surface area (Å²) in [5, 5.41) is 1.86. The molecular formula is C13H14N2O. The van der Waals surface area contributed by atoms with Gasteiger partial charge >= 0.3 is 0 Å². The molecule has 3 heteroatoms. The van der Waals surface area contributed by atoms with Gasteiger partial charge in [-0.1, -0.05) is 24.3 Å². The first kappa shape index (κ1) is 10.8. The number of aromatic nitrogens is 1. The second kappa shape index (κ2) is 3.68. The second-order valence-electron chi connectivity index (χ2n) is 4.46. The average Bonchev–Trinajstić information content (AvgIpc) is 2.26. The van der Waals surface area contributed by atoms with Crippen LogP contribution in [-0.4, -0.2) is 16.3 Å². The Bertz CT molecular complexity index is 536. The van der Waals surface area contributed by atoms with Gasteiger partial charge in [0.15, 0.2) is 5.78 Å². The van der Waals surface area contributed by atoms with Gasteiger partial charge in [0.2, 0.25) is 0 Å². The quantitative estimate of drug-likeness (QED) is 0.779. The predicted octanol–water partition coefficient (Wildman–Crippen LogP) is 2.15. The number of benzene rings is 1. The Balaban J connectivity index is 2.66. The van der Waals surface area contributed by atoms with Gasteiger partial charge in [-0.15, -0.1) is 0 Å². The summed E-state index contributed by atoms with van der Waals surface area (Å²) in [5.74, 6) is -0.0863. The summed E-state index contributed by atoms with van der Waals surface area (Å²) < 4.78 is 0. The molecule has 1 aromatic heterocycles. The van der Waals surface area contributed by atoms with Crippen molar-refractivity contribution in [3.05, 3.63) is 42.2 Å². The maximum absolute atomic E-state index is 12.1. The van der Waals surface area contributed by atoms with Gasteiger partial charge < -0.3 is 5.73 Å². The van der Waals surface area contributed by atoms with Crippen molar-refractivity contribution in [1.29, 1.82) is 0 Å². The van der Waals surface area contributed by atoms with Crippen LogP contribution < -0.4 is 5.73 Å². The molecule has 82 valence electrons. The molecule has 0 radical (unpaired) electrons. The van der Waals surface area contributed by atoms with E-state index in [2.05, 4.69) is 4.98 Å². The Labute approximate surface area is 94.3 Å². The standard InChI is InChI=1S/C13H14N2O/c1-13(2,14)12(16)11-8-15-7-9-5-3-4-6-10(9)11/h3-8H,14H2,1-2H3. The molecule has 1 aromatic carbocycles. The molecule has 0 amide bonds. The molecule has 0 spiro atoms. The highest BCUT2D eigenvalue weighted by molar-refractivity contribution is 6.11. The molecule has 2 aromatic rings. The Morgan fingerprint density at radius 2 is 1.94 bits per heavy atom. The minimum atomic E-state index is -0.869. The molecule has 0 saturated heterocycles. The predicted molar refractivity (Wildman–Crippen MR) is 64.3 cm³/mol. The fourth-order valence-electron chi connectivity index (χ4n) is 1.64. The highest BCUT2D eigenvalue weighted by atomic mass is 16.1. The van der Waals surface area contributed by atoms with Crippen LogP contribution in [0.2, 0.25) is 0 Å². The van der Waals surface area contributed by atoms with E-state index in [9.17, 15) is 4.79 Å². The number of rotatable bonds is 2. The van der Waals surface area contributed by atoms with E-state index in [0.29, 0.717) is 5.56 Å². The average molecular weight is 214 g/mol. The van der Waals surface area contributed by atoms with Gasteiger partial charge in [-0.05, 0) is 19.2 Å². The first-order valence-corrected chi connectivity index (χ1v) is 5.16.